The van der Waals surface area contributed by atoms with E-state index in [0.717, 1.165) is 16.8 Å². The molecule has 27 heavy (non-hydrogen) atoms. The van der Waals surface area contributed by atoms with Gasteiger partial charge in [0.05, 0.1) is 10.0 Å². The maximum absolute atomic E-state index is 12.3. The number of hydrogen-bond acceptors (Lipinski definition) is 2. The van der Waals surface area contributed by atoms with Gasteiger partial charge in [0.2, 0.25) is 5.91 Å². The Hall–Kier alpha value is -2.24. The third-order valence-corrected chi connectivity index (χ3v) is 4.68. The van der Waals surface area contributed by atoms with Gasteiger partial charge in [-0.05, 0) is 35.4 Å². The number of nitrogens with zero attached hydrogens (tertiary/aromatic N) is 1. The SMILES string of the molecule is CC(C)C(=O)Nc1ccc(CNC(=O)N(C)Cc2ccc(Cl)c(Cl)c2)cc1. The Bertz CT molecular complexity index is 807. The van der Waals surface area contributed by atoms with Gasteiger partial charge in [-0.2, -0.15) is 0 Å². The van der Waals surface area contributed by atoms with E-state index in [4.69, 9.17) is 23.2 Å². The van der Waals surface area contributed by atoms with Crippen molar-refractivity contribution >= 4 is 40.8 Å². The summed E-state index contributed by atoms with van der Waals surface area (Å²) in [6.07, 6.45) is 0. The van der Waals surface area contributed by atoms with Gasteiger partial charge in [-0.25, -0.2) is 4.79 Å². The Labute approximate surface area is 169 Å². The first kappa shape index (κ1) is 21.1. The van der Waals surface area contributed by atoms with E-state index in [1.807, 2.05) is 44.2 Å². The lowest BCUT2D eigenvalue weighted by Crippen LogP contribution is -2.36. The molecule has 0 fully saturated rings. The molecule has 3 amide bonds. The summed E-state index contributed by atoms with van der Waals surface area (Å²) in [5.41, 5.74) is 2.57. The Balaban J connectivity index is 1.85. The molecule has 2 aromatic rings. The van der Waals surface area contributed by atoms with Gasteiger partial charge in [0.15, 0.2) is 0 Å². The van der Waals surface area contributed by atoms with Gasteiger partial charge in [0.1, 0.15) is 0 Å². The lowest BCUT2D eigenvalue weighted by molar-refractivity contribution is -0.118. The van der Waals surface area contributed by atoms with Gasteiger partial charge in [-0.3, -0.25) is 4.79 Å². The van der Waals surface area contributed by atoms with Crippen molar-refractivity contribution in [3.8, 4) is 0 Å². The zero-order valence-corrected chi connectivity index (χ0v) is 17.1. The average molecular weight is 408 g/mol. The van der Waals surface area contributed by atoms with Crippen molar-refractivity contribution in [1.29, 1.82) is 0 Å². The largest absolute Gasteiger partial charge is 0.334 e. The third-order valence-electron chi connectivity index (χ3n) is 3.94. The molecule has 0 atom stereocenters. The summed E-state index contributed by atoms with van der Waals surface area (Å²) in [7, 11) is 1.71. The topological polar surface area (TPSA) is 61.4 Å². The first-order valence-electron chi connectivity index (χ1n) is 8.59. The molecule has 144 valence electrons. The molecule has 5 nitrogen and oxygen atoms in total. The van der Waals surface area contributed by atoms with Crippen molar-refractivity contribution in [3.63, 3.8) is 0 Å². The van der Waals surface area contributed by atoms with Crippen molar-refractivity contribution in [2.45, 2.75) is 26.9 Å². The molecular weight excluding hydrogens is 385 g/mol. The highest BCUT2D eigenvalue weighted by atomic mass is 35.5. The van der Waals surface area contributed by atoms with Crippen LogP contribution in [0.5, 0.6) is 0 Å². The van der Waals surface area contributed by atoms with Gasteiger partial charge >= 0.3 is 6.03 Å². The molecule has 2 rings (SSSR count). The minimum atomic E-state index is -0.196. The second-order valence-corrected chi connectivity index (χ2v) is 7.42. The van der Waals surface area contributed by atoms with Gasteiger partial charge in [0.25, 0.3) is 0 Å². The molecule has 0 bridgehead atoms. The zero-order valence-electron chi connectivity index (χ0n) is 15.6. The molecule has 0 spiro atoms. The fourth-order valence-electron chi connectivity index (χ4n) is 2.29. The van der Waals surface area contributed by atoms with E-state index in [0.29, 0.717) is 23.1 Å². The first-order valence-corrected chi connectivity index (χ1v) is 9.34. The number of benzene rings is 2. The second kappa shape index (κ2) is 9.62. The second-order valence-electron chi connectivity index (χ2n) is 6.60. The van der Waals surface area contributed by atoms with Gasteiger partial charge in [-0.15, -0.1) is 0 Å². The summed E-state index contributed by atoms with van der Waals surface area (Å²) in [5, 5.41) is 6.65. The van der Waals surface area contributed by atoms with Crippen molar-refractivity contribution in [2.75, 3.05) is 12.4 Å². The highest BCUT2D eigenvalue weighted by molar-refractivity contribution is 6.42. The molecule has 2 N–H and O–H groups in total. The number of nitrogens with one attached hydrogen (secondary N) is 2. The van der Waals surface area contributed by atoms with Gasteiger partial charge in [-0.1, -0.05) is 55.2 Å². The molecule has 0 aliphatic heterocycles. The third kappa shape index (κ3) is 6.45. The Morgan fingerprint density at radius 3 is 2.22 bits per heavy atom. The van der Waals surface area contributed by atoms with Crippen LogP contribution in [-0.2, 0) is 17.9 Å². The van der Waals surface area contributed by atoms with E-state index in [9.17, 15) is 9.59 Å². The van der Waals surface area contributed by atoms with Crippen LogP contribution in [0.1, 0.15) is 25.0 Å². The van der Waals surface area contributed by atoms with Crippen LogP contribution >= 0.6 is 23.2 Å². The molecule has 0 heterocycles. The number of urea groups is 1. The average Bonchev–Trinajstić information content (AvgIpc) is 2.63. The monoisotopic (exact) mass is 407 g/mol. The molecule has 7 heteroatoms. The summed E-state index contributed by atoms with van der Waals surface area (Å²) in [6, 6.07) is 12.5. The standard InChI is InChI=1S/C20H23Cl2N3O2/c1-13(2)19(26)24-16-7-4-14(5-8-16)11-23-20(27)25(3)12-15-6-9-17(21)18(22)10-15/h4-10,13H,11-12H2,1-3H3,(H,23,27)(H,24,26). The van der Waals surface area contributed by atoms with Gasteiger partial charge in [0, 0.05) is 31.7 Å². The summed E-state index contributed by atoms with van der Waals surface area (Å²) in [4.78, 5) is 25.5. The molecular formula is C20H23Cl2N3O2. The maximum Gasteiger partial charge on any atom is 0.317 e. The van der Waals surface area contributed by atoms with Gasteiger partial charge < -0.3 is 15.5 Å². The molecule has 0 unspecified atom stereocenters. The van der Waals surface area contributed by atoms with Crippen LogP contribution in [0.3, 0.4) is 0 Å². The van der Waals surface area contributed by atoms with E-state index in [-0.39, 0.29) is 17.9 Å². The van der Waals surface area contributed by atoms with E-state index in [1.54, 1.807) is 24.1 Å². The van der Waals surface area contributed by atoms with Crippen molar-refractivity contribution in [3.05, 3.63) is 63.6 Å². The molecule has 0 radical (unpaired) electrons. The fourth-order valence-corrected chi connectivity index (χ4v) is 2.61. The normalized spacial score (nSPS) is 10.6. The van der Waals surface area contributed by atoms with Crippen molar-refractivity contribution in [2.24, 2.45) is 5.92 Å². The fraction of sp³-hybridized carbons (Fsp3) is 0.300. The number of anilines is 1. The smallest absolute Gasteiger partial charge is 0.317 e. The molecule has 0 saturated heterocycles. The minimum absolute atomic E-state index is 0.0278. The lowest BCUT2D eigenvalue weighted by Gasteiger charge is -2.18. The highest BCUT2D eigenvalue weighted by Crippen LogP contribution is 2.23. The number of rotatable bonds is 6. The number of hydrogen-bond donors (Lipinski definition) is 2. The first-order chi connectivity index (χ1) is 12.8. The highest BCUT2D eigenvalue weighted by Gasteiger charge is 2.10. The molecule has 0 aliphatic carbocycles. The lowest BCUT2D eigenvalue weighted by atomic mass is 10.1. The van der Waals surface area contributed by atoms with Crippen LogP contribution in [0, 0.1) is 5.92 Å². The van der Waals surface area contributed by atoms with Crippen molar-refractivity contribution in [1.82, 2.24) is 10.2 Å². The summed E-state index contributed by atoms with van der Waals surface area (Å²) in [6.45, 7) is 4.49. The van der Waals surface area contributed by atoms with E-state index >= 15 is 0 Å². The van der Waals surface area contributed by atoms with Crippen LogP contribution in [0.4, 0.5) is 10.5 Å². The Morgan fingerprint density at radius 2 is 1.63 bits per heavy atom. The predicted molar refractivity (Wildman–Crippen MR) is 110 cm³/mol. The number of amides is 3. The van der Waals surface area contributed by atoms with Crippen LogP contribution in [0.15, 0.2) is 42.5 Å². The summed E-state index contributed by atoms with van der Waals surface area (Å²) in [5.74, 6) is -0.102. The minimum Gasteiger partial charge on any atom is -0.334 e. The van der Waals surface area contributed by atoms with Crippen LogP contribution in [-0.4, -0.2) is 23.9 Å². The summed E-state index contributed by atoms with van der Waals surface area (Å²) >= 11 is 11.9. The van der Waals surface area contributed by atoms with E-state index in [1.165, 1.54) is 0 Å². The molecule has 0 saturated carbocycles. The number of carbonyl (C=O) groups is 2. The Morgan fingerprint density at radius 1 is 1.00 bits per heavy atom. The van der Waals surface area contributed by atoms with Crippen LogP contribution in [0.2, 0.25) is 10.0 Å². The molecule has 0 aromatic heterocycles. The quantitative estimate of drug-likeness (QED) is 0.712. The maximum atomic E-state index is 12.3. The number of carbonyl (C=O) groups excluding carboxylic acids is 2. The van der Waals surface area contributed by atoms with E-state index < -0.39 is 0 Å². The van der Waals surface area contributed by atoms with Crippen LogP contribution in [0.25, 0.3) is 0 Å². The molecule has 0 aliphatic rings. The van der Waals surface area contributed by atoms with Crippen molar-refractivity contribution < 1.29 is 9.59 Å². The zero-order chi connectivity index (χ0) is 20.0. The molecule has 2 aromatic carbocycles. The number of halogens is 2. The van der Waals surface area contributed by atoms with Crippen LogP contribution < -0.4 is 10.6 Å². The van der Waals surface area contributed by atoms with E-state index in [2.05, 4.69) is 10.6 Å². The summed E-state index contributed by atoms with van der Waals surface area (Å²) < 4.78 is 0. The predicted octanol–water partition coefficient (Wildman–Crippen LogP) is 4.93. The Kier molecular flexibility index (Phi) is 7.51.